The summed E-state index contributed by atoms with van der Waals surface area (Å²) >= 11 is 0. The second kappa shape index (κ2) is 10.3. The minimum atomic E-state index is -3.96. The molecule has 27 heavy (non-hydrogen) atoms. The van der Waals surface area contributed by atoms with Crippen molar-refractivity contribution in [2.75, 3.05) is 31.6 Å². The fraction of sp³-hybridized carbons (Fsp3) is 0.400. The number of hydrogen-bond donors (Lipinski definition) is 1. The van der Waals surface area contributed by atoms with Crippen LogP contribution >= 0.6 is 0 Å². The highest BCUT2D eigenvalue weighted by molar-refractivity contribution is 7.92. The lowest BCUT2D eigenvalue weighted by Crippen LogP contribution is -2.27. The van der Waals surface area contributed by atoms with Crippen molar-refractivity contribution in [1.82, 2.24) is 5.32 Å². The first-order valence-corrected chi connectivity index (χ1v) is 10.5. The van der Waals surface area contributed by atoms with Gasteiger partial charge in [0.2, 0.25) is 0 Å². The van der Waals surface area contributed by atoms with E-state index in [4.69, 9.17) is 4.74 Å². The van der Waals surface area contributed by atoms with Gasteiger partial charge < -0.3 is 10.1 Å². The van der Waals surface area contributed by atoms with Crippen molar-refractivity contribution in [1.29, 1.82) is 0 Å². The van der Waals surface area contributed by atoms with E-state index in [0.717, 1.165) is 36.2 Å². The number of anilines is 1. The Bertz CT molecular complexity index is 810. The summed E-state index contributed by atoms with van der Waals surface area (Å²) in [5, 5.41) is 3.12. The molecule has 2 rings (SSSR count). The molecule has 5 nitrogen and oxygen atoms in total. The predicted molar refractivity (Wildman–Crippen MR) is 106 cm³/mol. The van der Waals surface area contributed by atoms with Gasteiger partial charge in [-0.25, -0.2) is 12.8 Å². The zero-order valence-corrected chi connectivity index (χ0v) is 16.6. The van der Waals surface area contributed by atoms with E-state index in [0.29, 0.717) is 18.0 Å². The first-order chi connectivity index (χ1) is 13.0. The van der Waals surface area contributed by atoms with Crippen molar-refractivity contribution in [3.63, 3.8) is 0 Å². The minimum Gasteiger partial charge on any atom is -0.494 e. The van der Waals surface area contributed by atoms with Gasteiger partial charge in [-0.1, -0.05) is 25.0 Å². The lowest BCUT2D eigenvalue weighted by atomic mass is 10.2. The predicted octanol–water partition coefficient (Wildman–Crippen LogP) is 3.81. The molecule has 0 aromatic heterocycles. The van der Waals surface area contributed by atoms with Crippen molar-refractivity contribution < 1.29 is 17.5 Å². The molecular formula is C20H27FN2O3S. The number of ether oxygens (including phenoxy) is 1. The Labute approximate surface area is 161 Å². The number of benzene rings is 2. The molecule has 0 aliphatic heterocycles. The molecule has 0 spiro atoms. The van der Waals surface area contributed by atoms with Crippen molar-refractivity contribution in [2.45, 2.75) is 30.6 Å². The summed E-state index contributed by atoms with van der Waals surface area (Å²) in [5.74, 6) is -0.0790. The third-order valence-electron chi connectivity index (χ3n) is 4.27. The number of nitrogens with zero attached hydrogens (tertiary/aromatic N) is 1. The van der Waals surface area contributed by atoms with E-state index < -0.39 is 15.8 Å². The number of halogens is 1. The first-order valence-electron chi connectivity index (χ1n) is 9.07. The van der Waals surface area contributed by atoms with E-state index in [9.17, 15) is 12.8 Å². The second-order valence-electron chi connectivity index (χ2n) is 6.26. The largest absolute Gasteiger partial charge is 0.494 e. The second-order valence-corrected chi connectivity index (χ2v) is 8.20. The maximum Gasteiger partial charge on any atom is 0.266 e. The normalized spacial score (nSPS) is 11.4. The Hall–Kier alpha value is -2.12. The zero-order valence-electron chi connectivity index (χ0n) is 15.8. The van der Waals surface area contributed by atoms with Crippen LogP contribution in [-0.4, -0.2) is 35.7 Å². The number of sulfonamides is 1. The molecule has 0 unspecified atom stereocenters. The molecule has 0 bridgehead atoms. The van der Waals surface area contributed by atoms with Gasteiger partial charge in [0.1, 0.15) is 16.5 Å². The van der Waals surface area contributed by atoms with Crippen LogP contribution in [-0.2, 0) is 10.0 Å². The highest BCUT2D eigenvalue weighted by Crippen LogP contribution is 2.25. The van der Waals surface area contributed by atoms with Crippen molar-refractivity contribution in [3.8, 4) is 5.75 Å². The molecule has 0 aliphatic carbocycles. The fourth-order valence-electron chi connectivity index (χ4n) is 2.64. The molecule has 0 amide bonds. The lowest BCUT2D eigenvalue weighted by molar-refractivity contribution is 0.304. The molecule has 0 radical (unpaired) electrons. The quantitative estimate of drug-likeness (QED) is 0.589. The van der Waals surface area contributed by atoms with Gasteiger partial charge in [-0.3, -0.25) is 4.31 Å². The van der Waals surface area contributed by atoms with Gasteiger partial charge in [-0.2, -0.15) is 0 Å². The summed E-state index contributed by atoms with van der Waals surface area (Å²) in [7, 11) is -0.599. The van der Waals surface area contributed by atoms with Gasteiger partial charge in [0.05, 0.1) is 12.3 Å². The van der Waals surface area contributed by atoms with Crippen LogP contribution in [0, 0.1) is 5.82 Å². The number of hydrogen-bond acceptors (Lipinski definition) is 4. The number of unbranched alkanes of at least 4 members (excludes halogenated alkanes) is 3. The summed E-state index contributed by atoms with van der Waals surface area (Å²) in [4.78, 5) is -0.342. The fourth-order valence-corrected chi connectivity index (χ4v) is 3.90. The first kappa shape index (κ1) is 21.2. The third kappa shape index (κ3) is 5.94. The summed E-state index contributed by atoms with van der Waals surface area (Å²) in [5.41, 5.74) is 0.442. The Balaban J connectivity index is 1.92. The molecule has 0 atom stereocenters. The topological polar surface area (TPSA) is 58.6 Å². The lowest BCUT2D eigenvalue weighted by Gasteiger charge is -2.20. The summed E-state index contributed by atoms with van der Waals surface area (Å²) in [6.45, 7) is 1.66. The van der Waals surface area contributed by atoms with Crippen LogP contribution < -0.4 is 14.4 Å². The molecule has 0 saturated carbocycles. The molecular weight excluding hydrogens is 367 g/mol. The minimum absolute atomic E-state index is 0.342. The molecule has 2 aromatic rings. The molecule has 148 valence electrons. The van der Waals surface area contributed by atoms with E-state index >= 15 is 0 Å². The maximum absolute atomic E-state index is 13.9. The number of nitrogens with one attached hydrogen (secondary N) is 1. The van der Waals surface area contributed by atoms with E-state index in [1.165, 1.54) is 31.7 Å². The van der Waals surface area contributed by atoms with Crippen molar-refractivity contribution in [3.05, 3.63) is 54.3 Å². The Morgan fingerprint density at radius 2 is 1.67 bits per heavy atom. The van der Waals surface area contributed by atoms with Crippen LogP contribution in [0.25, 0.3) is 0 Å². The molecule has 0 fully saturated rings. The summed E-state index contributed by atoms with van der Waals surface area (Å²) in [6.07, 6.45) is 4.42. The number of rotatable bonds is 11. The standard InChI is InChI=1S/C20H27FN2O3S/c1-22-15-7-3-4-8-16-26-18-13-11-17(12-14-18)23(2)27(24,25)20-10-6-5-9-19(20)21/h5-6,9-14,22H,3-4,7-8,15-16H2,1-2H3. The van der Waals surface area contributed by atoms with Gasteiger partial charge in [-0.05, 0) is 62.8 Å². The SMILES string of the molecule is CNCCCCCCOc1ccc(N(C)S(=O)(=O)c2ccccc2F)cc1. The average Bonchev–Trinajstić information content (AvgIpc) is 2.67. The van der Waals surface area contributed by atoms with E-state index in [1.807, 2.05) is 7.05 Å². The molecule has 7 heteroatoms. The summed E-state index contributed by atoms with van der Waals surface area (Å²) in [6, 6.07) is 12.1. The summed E-state index contributed by atoms with van der Waals surface area (Å²) < 4.78 is 45.8. The zero-order chi connectivity index (χ0) is 19.7. The monoisotopic (exact) mass is 394 g/mol. The van der Waals surface area contributed by atoms with Crippen LogP contribution in [0.5, 0.6) is 5.75 Å². The smallest absolute Gasteiger partial charge is 0.266 e. The average molecular weight is 395 g/mol. The van der Waals surface area contributed by atoms with E-state index in [1.54, 1.807) is 24.3 Å². The van der Waals surface area contributed by atoms with Crippen molar-refractivity contribution in [2.24, 2.45) is 0 Å². The van der Waals surface area contributed by atoms with Crippen LogP contribution in [0.2, 0.25) is 0 Å². The van der Waals surface area contributed by atoms with Crippen LogP contribution in [0.1, 0.15) is 25.7 Å². The Kier molecular flexibility index (Phi) is 8.06. The third-order valence-corrected chi connectivity index (χ3v) is 6.08. The highest BCUT2D eigenvalue weighted by Gasteiger charge is 2.24. The molecule has 0 aliphatic rings. The molecule has 0 saturated heterocycles. The highest BCUT2D eigenvalue weighted by atomic mass is 32.2. The Morgan fingerprint density at radius 3 is 2.33 bits per heavy atom. The van der Waals surface area contributed by atoms with Gasteiger partial charge >= 0.3 is 0 Å². The van der Waals surface area contributed by atoms with Crippen molar-refractivity contribution >= 4 is 15.7 Å². The van der Waals surface area contributed by atoms with Crippen LogP contribution in [0.15, 0.2) is 53.4 Å². The van der Waals surface area contributed by atoms with E-state index in [-0.39, 0.29) is 4.90 Å². The van der Waals surface area contributed by atoms with Crippen LogP contribution in [0.3, 0.4) is 0 Å². The van der Waals surface area contributed by atoms with Gasteiger partial charge in [0, 0.05) is 7.05 Å². The van der Waals surface area contributed by atoms with Gasteiger partial charge in [-0.15, -0.1) is 0 Å². The Morgan fingerprint density at radius 1 is 1.00 bits per heavy atom. The van der Waals surface area contributed by atoms with E-state index in [2.05, 4.69) is 5.32 Å². The van der Waals surface area contributed by atoms with Gasteiger partial charge in [0.15, 0.2) is 0 Å². The molecule has 0 heterocycles. The van der Waals surface area contributed by atoms with Gasteiger partial charge in [0.25, 0.3) is 10.0 Å². The molecule has 2 aromatic carbocycles. The molecule has 1 N–H and O–H groups in total. The maximum atomic E-state index is 13.9. The van der Waals surface area contributed by atoms with Crippen LogP contribution in [0.4, 0.5) is 10.1 Å².